The molecule has 1 fully saturated rings. The Morgan fingerprint density at radius 2 is 1.79 bits per heavy atom. The molecule has 0 aliphatic carbocycles. The number of hydrogen-bond donors (Lipinski definition) is 2. The number of hydrogen-bond acceptors (Lipinski definition) is 6. The summed E-state index contributed by atoms with van der Waals surface area (Å²) in [5.74, 6) is 0.724. The number of carbonyl (C=O) groups is 2. The Balaban J connectivity index is 1.42. The van der Waals surface area contributed by atoms with Crippen molar-refractivity contribution in [2.75, 3.05) is 44.6 Å². The van der Waals surface area contributed by atoms with Gasteiger partial charge < -0.3 is 10.6 Å². The SMILES string of the molecule is CC(C)NC(=O)CN1CCN(CC(=O)Nc2ccnn2Cc2cccs2)CC1. The van der Waals surface area contributed by atoms with E-state index in [-0.39, 0.29) is 17.9 Å². The molecule has 0 spiro atoms. The van der Waals surface area contributed by atoms with Gasteiger partial charge in [-0.05, 0) is 25.3 Å². The van der Waals surface area contributed by atoms with Gasteiger partial charge in [0.05, 0.1) is 25.8 Å². The number of nitrogens with zero attached hydrogens (tertiary/aromatic N) is 4. The number of carbonyl (C=O) groups excluding carboxylic acids is 2. The Hall–Kier alpha value is -2.23. The predicted molar refractivity (Wildman–Crippen MR) is 110 cm³/mol. The molecule has 1 saturated heterocycles. The second-order valence-electron chi connectivity index (χ2n) is 7.28. The topological polar surface area (TPSA) is 82.5 Å². The van der Waals surface area contributed by atoms with Crippen LogP contribution in [0, 0.1) is 0 Å². The summed E-state index contributed by atoms with van der Waals surface area (Å²) in [4.78, 5) is 29.7. The van der Waals surface area contributed by atoms with Gasteiger partial charge in [0.2, 0.25) is 11.8 Å². The number of thiophene rings is 1. The zero-order valence-electron chi connectivity index (χ0n) is 16.4. The van der Waals surface area contributed by atoms with Gasteiger partial charge in [0.15, 0.2) is 0 Å². The molecule has 9 heteroatoms. The van der Waals surface area contributed by atoms with Gasteiger partial charge in [-0.25, -0.2) is 4.68 Å². The van der Waals surface area contributed by atoms with E-state index in [9.17, 15) is 9.59 Å². The molecule has 0 radical (unpaired) electrons. The molecule has 0 aromatic carbocycles. The summed E-state index contributed by atoms with van der Waals surface area (Å²) in [6.45, 7) is 8.45. The van der Waals surface area contributed by atoms with Gasteiger partial charge in [0.25, 0.3) is 0 Å². The van der Waals surface area contributed by atoms with Gasteiger partial charge in [-0.15, -0.1) is 11.3 Å². The molecule has 0 bridgehead atoms. The normalized spacial score (nSPS) is 15.7. The molecular weight excluding hydrogens is 376 g/mol. The third-order valence-electron chi connectivity index (χ3n) is 4.52. The second kappa shape index (κ2) is 9.81. The molecule has 28 heavy (non-hydrogen) atoms. The largest absolute Gasteiger partial charge is 0.353 e. The number of anilines is 1. The van der Waals surface area contributed by atoms with Crippen molar-refractivity contribution < 1.29 is 9.59 Å². The number of amides is 2. The molecule has 0 unspecified atom stereocenters. The molecule has 3 heterocycles. The smallest absolute Gasteiger partial charge is 0.239 e. The first kappa shape index (κ1) is 20.5. The van der Waals surface area contributed by atoms with Crippen LogP contribution in [0.15, 0.2) is 29.8 Å². The van der Waals surface area contributed by atoms with Crippen LogP contribution >= 0.6 is 11.3 Å². The maximum atomic E-state index is 12.4. The second-order valence-corrected chi connectivity index (χ2v) is 8.31. The maximum absolute atomic E-state index is 12.4. The summed E-state index contributed by atoms with van der Waals surface area (Å²) in [6.07, 6.45) is 1.70. The molecule has 2 N–H and O–H groups in total. The maximum Gasteiger partial charge on any atom is 0.239 e. The van der Waals surface area contributed by atoms with Crippen molar-refractivity contribution in [3.63, 3.8) is 0 Å². The van der Waals surface area contributed by atoms with E-state index in [1.165, 1.54) is 4.88 Å². The molecule has 152 valence electrons. The fourth-order valence-electron chi connectivity index (χ4n) is 3.18. The van der Waals surface area contributed by atoms with Gasteiger partial charge in [-0.1, -0.05) is 6.07 Å². The van der Waals surface area contributed by atoms with Crippen LogP contribution in [-0.2, 0) is 16.1 Å². The summed E-state index contributed by atoms with van der Waals surface area (Å²) in [5, 5.41) is 12.2. The molecule has 0 atom stereocenters. The molecule has 2 aromatic rings. The minimum atomic E-state index is -0.0427. The van der Waals surface area contributed by atoms with Gasteiger partial charge in [-0.3, -0.25) is 19.4 Å². The number of nitrogens with one attached hydrogen (secondary N) is 2. The van der Waals surface area contributed by atoms with Crippen LogP contribution in [0.2, 0.25) is 0 Å². The van der Waals surface area contributed by atoms with Crippen LogP contribution in [0.3, 0.4) is 0 Å². The molecule has 1 aliphatic heterocycles. The summed E-state index contributed by atoms with van der Waals surface area (Å²) in [6, 6.07) is 6.04. The van der Waals surface area contributed by atoms with E-state index < -0.39 is 0 Å². The van der Waals surface area contributed by atoms with E-state index in [1.807, 2.05) is 31.4 Å². The van der Waals surface area contributed by atoms with E-state index in [4.69, 9.17) is 0 Å². The highest BCUT2D eigenvalue weighted by Gasteiger charge is 2.21. The van der Waals surface area contributed by atoms with Crippen molar-refractivity contribution in [2.24, 2.45) is 0 Å². The number of piperazine rings is 1. The zero-order valence-corrected chi connectivity index (χ0v) is 17.2. The minimum absolute atomic E-state index is 0.0427. The van der Waals surface area contributed by atoms with Crippen molar-refractivity contribution in [1.82, 2.24) is 24.9 Å². The Morgan fingerprint density at radius 3 is 2.39 bits per heavy atom. The van der Waals surface area contributed by atoms with Crippen molar-refractivity contribution >= 4 is 29.0 Å². The highest BCUT2D eigenvalue weighted by molar-refractivity contribution is 7.09. The quantitative estimate of drug-likeness (QED) is 0.688. The zero-order chi connectivity index (χ0) is 19.9. The van der Waals surface area contributed by atoms with E-state index in [0.717, 1.165) is 26.2 Å². The molecule has 1 aliphatic rings. The van der Waals surface area contributed by atoms with Crippen LogP contribution in [0.1, 0.15) is 18.7 Å². The lowest BCUT2D eigenvalue weighted by molar-refractivity contribution is -0.124. The van der Waals surface area contributed by atoms with E-state index in [1.54, 1.807) is 22.2 Å². The van der Waals surface area contributed by atoms with Crippen LogP contribution in [0.4, 0.5) is 5.82 Å². The van der Waals surface area contributed by atoms with Gasteiger partial charge in [0, 0.05) is 43.2 Å². The average Bonchev–Trinajstić information content (AvgIpc) is 3.29. The van der Waals surface area contributed by atoms with E-state index in [0.29, 0.717) is 25.5 Å². The number of rotatable bonds is 8. The van der Waals surface area contributed by atoms with Crippen LogP contribution in [-0.4, -0.2) is 76.7 Å². The summed E-state index contributed by atoms with van der Waals surface area (Å²) in [5.41, 5.74) is 0. The van der Waals surface area contributed by atoms with Gasteiger partial charge >= 0.3 is 0 Å². The van der Waals surface area contributed by atoms with Crippen LogP contribution in [0.5, 0.6) is 0 Å². The standard InChI is InChI=1S/C19H28N6O2S/c1-15(2)21-18(26)13-23-7-9-24(10-8-23)14-19(27)22-17-5-6-20-25(17)12-16-4-3-11-28-16/h3-6,11,15H,7-10,12-14H2,1-2H3,(H,21,26)(H,22,27). The van der Waals surface area contributed by atoms with Gasteiger partial charge in [0.1, 0.15) is 5.82 Å². The van der Waals surface area contributed by atoms with Crippen molar-refractivity contribution in [3.8, 4) is 0 Å². The highest BCUT2D eigenvalue weighted by Crippen LogP contribution is 2.14. The average molecular weight is 405 g/mol. The van der Waals surface area contributed by atoms with E-state index in [2.05, 4.69) is 31.6 Å². The fraction of sp³-hybridized carbons (Fsp3) is 0.526. The molecule has 2 aromatic heterocycles. The first-order chi connectivity index (χ1) is 13.5. The first-order valence-corrected chi connectivity index (χ1v) is 10.5. The lowest BCUT2D eigenvalue weighted by atomic mass is 10.3. The summed E-state index contributed by atoms with van der Waals surface area (Å²) < 4.78 is 1.80. The fourth-order valence-corrected chi connectivity index (χ4v) is 3.86. The summed E-state index contributed by atoms with van der Waals surface area (Å²) in [7, 11) is 0. The third-order valence-corrected chi connectivity index (χ3v) is 5.38. The first-order valence-electron chi connectivity index (χ1n) is 9.57. The molecule has 8 nitrogen and oxygen atoms in total. The molecule has 2 amide bonds. The van der Waals surface area contributed by atoms with Crippen molar-refractivity contribution in [3.05, 3.63) is 34.7 Å². The Bertz CT molecular complexity index is 765. The Labute approximate surface area is 169 Å². The van der Waals surface area contributed by atoms with Gasteiger partial charge in [-0.2, -0.15) is 5.10 Å². The van der Waals surface area contributed by atoms with Crippen molar-refractivity contribution in [1.29, 1.82) is 0 Å². The molecule has 3 rings (SSSR count). The molecular formula is C19H28N6O2S. The van der Waals surface area contributed by atoms with Crippen LogP contribution < -0.4 is 10.6 Å². The van der Waals surface area contributed by atoms with E-state index >= 15 is 0 Å². The highest BCUT2D eigenvalue weighted by atomic mass is 32.1. The Kier molecular flexibility index (Phi) is 7.18. The monoisotopic (exact) mass is 404 g/mol. The summed E-state index contributed by atoms with van der Waals surface area (Å²) >= 11 is 1.67. The van der Waals surface area contributed by atoms with Crippen LogP contribution in [0.25, 0.3) is 0 Å². The molecule has 0 saturated carbocycles. The Morgan fingerprint density at radius 1 is 1.11 bits per heavy atom. The minimum Gasteiger partial charge on any atom is -0.353 e. The number of aromatic nitrogens is 2. The third kappa shape index (κ3) is 6.15. The van der Waals surface area contributed by atoms with Crippen molar-refractivity contribution in [2.45, 2.75) is 26.4 Å². The predicted octanol–water partition coefficient (Wildman–Crippen LogP) is 1.07. The lowest BCUT2D eigenvalue weighted by Crippen LogP contribution is -2.51. The lowest BCUT2D eigenvalue weighted by Gasteiger charge is -2.33.